The van der Waals surface area contributed by atoms with Crippen molar-refractivity contribution in [2.75, 3.05) is 12.0 Å². The third-order valence-corrected chi connectivity index (χ3v) is 7.59. The van der Waals surface area contributed by atoms with E-state index in [1.807, 2.05) is 17.1 Å². The van der Waals surface area contributed by atoms with Crippen LogP contribution >= 0.6 is 20.2 Å². The topological polar surface area (TPSA) is 108 Å². The molecule has 9 nitrogen and oxygen atoms in total. The Balaban J connectivity index is 3.30. The first-order chi connectivity index (χ1) is 15.0. The standard InChI is InChI=1S/C23H34INO8/c1-15(26)33-24(8)17-12-10-16(11-13-17)14-18(19(27)30-9)25(20(28)31-22(2,3)4)21(29)32-23(5,6)7/h10-13,18H,14H2,1-9H3/t18-/m0/s1. The number of hydrogen-bond acceptors (Lipinski definition) is 8. The van der Waals surface area contributed by atoms with Gasteiger partial charge in [-0.05, 0) is 0 Å². The van der Waals surface area contributed by atoms with Gasteiger partial charge in [0.25, 0.3) is 0 Å². The van der Waals surface area contributed by atoms with Crippen LogP contribution in [0.1, 0.15) is 54.0 Å². The fourth-order valence-electron chi connectivity index (χ4n) is 2.60. The number of nitrogens with zero attached hydrogens (tertiary/aromatic N) is 1. The second-order valence-corrected chi connectivity index (χ2v) is 13.3. The van der Waals surface area contributed by atoms with Gasteiger partial charge in [0, 0.05) is 0 Å². The molecule has 186 valence electrons. The van der Waals surface area contributed by atoms with Crippen LogP contribution in [0.4, 0.5) is 9.59 Å². The molecule has 0 aliphatic carbocycles. The zero-order valence-electron chi connectivity index (χ0n) is 20.7. The number of carbonyl (C=O) groups is 4. The summed E-state index contributed by atoms with van der Waals surface area (Å²) < 4.78 is 21.9. The minimum absolute atomic E-state index is 0.0169. The van der Waals surface area contributed by atoms with Crippen molar-refractivity contribution in [1.29, 1.82) is 0 Å². The number of amides is 2. The number of carbonyl (C=O) groups excluding carboxylic acids is 4. The van der Waals surface area contributed by atoms with E-state index in [0.717, 1.165) is 3.57 Å². The second-order valence-electron chi connectivity index (χ2n) is 9.19. The molecule has 0 fully saturated rings. The summed E-state index contributed by atoms with van der Waals surface area (Å²) in [4.78, 5) is 52.3. The summed E-state index contributed by atoms with van der Waals surface area (Å²) >= 11 is -2.09. The van der Waals surface area contributed by atoms with Gasteiger partial charge in [-0.2, -0.15) is 0 Å². The van der Waals surface area contributed by atoms with Crippen LogP contribution in [0.15, 0.2) is 24.3 Å². The quantitative estimate of drug-likeness (QED) is 0.206. The molecule has 1 aromatic rings. The molecule has 1 atom stereocenters. The number of benzene rings is 1. The number of hydrogen-bond donors (Lipinski definition) is 0. The molecule has 1 rings (SSSR count). The minimum atomic E-state index is -2.09. The maximum atomic E-state index is 12.9. The van der Waals surface area contributed by atoms with E-state index < -0.39 is 55.6 Å². The van der Waals surface area contributed by atoms with Gasteiger partial charge >= 0.3 is 203 Å². The van der Waals surface area contributed by atoms with E-state index in [1.54, 1.807) is 53.7 Å². The van der Waals surface area contributed by atoms with E-state index in [9.17, 15) is 19.2 Å². The molecule has 0 radical (unpaired) electrons. The van der Waals surface area contributed by atoms with Crippen LogP contribution in [0.25, 0.3) is 0 Å². The fraction of sp³-hybridized carbons (Fsp3) is 0.565. The summed E-state index contributed by atoms with van der Waals surface area (Å²) in [6.07, 6.45) is -2.04. The summed E-state index contributed by atoms with van der Waals surface area (Å²) in [6.45, 7) is 11.3. The fourth-order valence-corrected chi connectivity index (χ4v) is 5.15. The summed E-state index contributed by atoms with van der Waals surface area (Å²) in [5, 5.41) is 0. The summed E-state index contributed by atoms with van der Waals surface area (Å²) in [5.41, 5.74) is -1.14. The Labute approximate surface area is 203 Å². The molecule has 1 aromatic carbocycles. The number of halogens is 1. The van der Waals surface area contributed by atoms with Gasteiger partial charge in [0.1, 0.15) is 0 Å². The molecule has 0 spiro atoms. The molecule has 33 heavy (non-hydrogen) atoms. The zero-order valence-corrected chi connectivity index (χ0v) is 22.8. The Morgan fingerprint density at radius 1 is 0.909 bits per heavy atom. The number of methoxy groups -OCH3 is 1. The van der Waals surface area contributed by atoms with Crippen LogP contribution in [0.5, 0.6) is 0 Å². The van der Waals surface area contributed by atoms with Crippen molar-refractivity contribution in [3.63, 3.8) is 0 Å². The van der Waals surface area contributed by atoms with Crippen LogP contribution in [0, 0.1) is 3.57 Å². The first kappa shape index (κ1) is 28.7. The molecule has 0 heterocycles. The number of alkyl halides is 1. The van der Waals surface area contributed by atoms with Crippen molar-refractivity contribution in [1.82, 2.24) is 4.90 Å². The Morgan fingerprint density at radius 2 is 1.36 bits per heavy atom. The molecule has 10 heteroatoms. The molecule has 0 saturated heterocycles. The van der Waals surface area contributed by atoms with Gasteiger partial charge in [0.2, 0.25) is 0 Å². The molecule has 0 N–H and O–H groups in total. The van der Waals surface area contributed by atoms with E-state index in [-0.39, 0.29) is 12.4 Å². The van der Waals surface area contributed by atoms with Crippen LogP contribution in [0.2, 0.25) is 0 Å². The molecular formula is C23H34INO8. The van der Waals surface area contributed by atoms with Gasteiger partial charge in [-0.25, -0.2) is 0 Å². The molecule has 0 aliphatic rings. The van der Waals surface area contributed by atoms with Gasteiger partial charge in [-0.3, -0.25) is 0 Å². The predicted molar refractivity (Wildman–Crippen MR) is 131 cm³/mol. The predicted octanol–water partition coefficient (Wildman–Crippen LogP) is 4.73. The Morgan fingerprint density at radius 3 is 1.73 bits per heavy atom. The molecule has 2 amide bonds. The van der Waals surface area contributed by atoms with E-state index in [0.29, 0.717) is 10.5 Å². The summed E-state index contributed by atoms with van der Waals surface area (Å²) in [6, 6.07) is 5.82. The maximum absolute atomic E-state index is 12.9. The van der Waals surface area contributed by atoms with Crippen molar-refractivity contribution in [3.8, 4) is 0 Å². The third kappa shape index (κ3) is 9.97. The SMILES string of the molecule is COC(=O)[C@H](Cc1ccc(I(C)OC(C)=O)cc1)N(C(=O)OC(C)(C)C)C(=O)OC(C)(C)C. The van der Waals surface area contributed by atoms with Gasteiger partial charge < -0.3 is 0 Å². The average Bonchev–Trinajstić information content (AvgIpc) is 2.63. The molecule has 0 unspecified atom stereocenters. The number of imide groups is 1. The summed E-state index contributed by atoms with van der Waals surface area (Å²) in [5.74, 6) is -1.12. The van der Waals surface area contributed by atoms with Crippen molar-refractivity contribution in [2.45, 2.75) is 72.1 Å². The van der Waals surface area contributed by atoms with Crippen LogP contribution in [-0.4, -0.2) is 58.3 Å². The summed E-state index contributed by atoms with van der Waals surface area (Å²) in [7, 11) is 1.17. The number of esters is 1. The van der Waals surface area contributed by atoms with Crippen molar-refractivity contribution in [3.05, 3.63) is 33.4 Å². The average molecular weight is 579 g/mol. The van der Waals surface area contributed by atoms with Crippen LogP contribution in [-0.2, 0) is 33.3 Å². The molecule has 0 bridgehead atoms. The van der Waals surface area contributed by atoms with Crippen molar-refractivity contribution < 1.29 is 36.5 Å². The van der Waals surface area contributed by atoms with E-state index in [1.165, 1.54) is 14.0 Å². The zero-order chi connectivity index (χ0) is 25.6. The van der Waals surface area contributed by atoms with Gasteiger partial charge in [-0.15, -0.1) is 0 Å². The Kier molecular flexibility index (Phi) is 10.1. The monoisotopic (exact) mass is 579 g/mol. The molecular weight excluding hydrogens is 545 g/mol. The first-order valence-electron chi connectivity index (χ1n) is 10.2. The van der Waals surface area contributed by atoms with Crippen molar-refractivity contribution >= 4 is 44.4 Å². The van der Waals surface area contributed by atoms with Crippen LogP contribution < -0.4 is 0 Å². The Hall–Kier alpha value is -2.37. The number of rotatable bonds is 6. The molecule has 0 aliphatic heterocycles. The number of ether oxygens (including phenoxy) is 3. The van der Waals surface area contributed by atoms with Crippen molar-refractivity contribution in [2.24, 2.45) is 0 Å². The normalized spacial score (nSPS) is 12.8. The molecule has 0 aromatic heterocycles. The second kappa shape index (κ2) is 11.7. The first-order valence-corrected chi connectivity index (χ1v) is 14.4. The van der Waals surface area contributed by atoms with Gasteiger partial charge in [0.15, 0.2) is 0 Å². The van der Waals surface area contributed by atoms with E-state index >= 15 is 0 Å². The van der Waals surface area contributed by atoms with Gasteiger partial charge in [-0.1, -0.05) is 0 Å². The van der Waals surface area contributed by atoms with E-state index in [2.05, 4.69) is 0 Å². The molecule has 0 saturated carbocycles. The third-order valence-electron chi connectivity index (χ3n) is 3.84. The Bertz CT molecular complexity index is 827. The van der Waals surface area contributed by atoms with E-state index in [4.69, 9.17) is 17.3 Å². The van der Waals surface area contributed by atoms with Gasteiger partial charge in [0.05, 0.1) is 0 Å². The van der Waals surface area contributed by atoms with Crippen LogP contribution in [0.3, 0.4) is 0 Å².